The molecule has 0 aliphatic rings. The molecule has 0 aliphatic carbocycles. The summed E-state index contributed by atoms with van der Waals surface area (Å²) in [5.74, 6) is -2.66. The average Bonchev–Trinajstić information content (AvgIpc) is 3.18. The van der Waals surface area contributed by atoms with Crippen LogP contribution in [0.25, 0.3) is 0 Å². The van der Waals surface area contributed by atoms with Crippen LogP contribution in [-0.2, 0) is 76.0 Å². The molecular weight excluding hydrogens is 746 g/mol. The van der Waals surface area contributed by atoms with Gasteiger partial charge in [0.05, 0.1) is 152 Å². The van der Waals surface area contributed by atoms with E-state index in [9.17, 15) is 19.2 Å². The molecule has 19 nitrogen and oxygen atoms in total. The van der Waals surface area contributed by atoms with Crippen LogP contribution in [0, 0.1) is 0 Å². The number of aliphatic carboxylic acids is 1. The maximum Gasteiger partial charge on any atom is 0.372 e. The number of carbonyl (C=O) groups excluding carboxylic acids is 3. The Balaban J connectivity index is 1.66. The standard InChI is InChI=1S/C37H61NO18/c1-32(39)38-33-2-4-34(5-3-33)55-30-28-53-26-24-51-22-20-49-18-16-47-14-12-45-10-8-44-9-11-46-13-15-48-17-19-50-21-23-52-25-27-54-29-31-56-36(41)7-6-35(40)37(42)43/h2-5H,6-31H2,1H3,(H,38,39)(H,42,43). The van der Waals surface area contributed by atoms with Gasteiger partial charge in [-0.1, -0.05) is 0 Å². The van der Waals surface area contributed by atoms with E-state index >= 15 is 0 Å². The van der Waals surface area contributed by atoms with E-state index in [-0.39, 0.29) is 25.5 Å². The van der Waals surface area contributed by atoms with Crippen LogP contribution in [0.5, 0.6) is 5.75 Å². The first-order chi connectivity index (χ1) is 27.4. The molecule has 0 bridgehead atoms. The molecule has 0 aliphatic heterocycles. The highest BCUT2D eigenvalue weighted by atomic mass is 16.6. The van der Waals surface area contributed by atoms with E-state index in [4.69, 9.17) is 66.7 Å². The van der Waals surface area contributed by atoms with E-state index in [1.54, 1.807) is 24.3 Å². The van der Waals surface area contributed by atoms with Crippen molar-refractivity contribution in [2.45, 2.75) is 19.8 Å². The lowest BCUT2D eigenvalue weighted by atomic mass is 10.2. The van der Waals surface area contributed by atoms with Gasteiger partial charge in [-0.3, -0.25) is 14.4 Å². The lowest BCUT2D eigenvalue weighted by Crippen LogP contribution is -2.17. The minimum atomic E-state index is -1.57. The summed E-state index contributed by atoms with van der Waals surface area (Å²) in [6.45, 7) is 11.3. The third kappa shape index (κ3) is 35.1. The number of anilines is 1. The number of benzene rings is 1. The minimum absolute atomic E-state index is 0.00792. The van der Waals surface area contributed by atoms with Gasteiger partial charge >= 0.3 is 11.9 Å². The largest absolute Gasteiger partial charge is 0.491 e. The Morgan fingerprint density at radius 2 is 0.750 bits per heavy atom. The Morgan fingerprint density at radius 1 is 0.446 bits per heavy atom. The summed E-state index contributed by atoms with van der Waals surface area (Å²) in [4.78, 5) is 43.7. The van der Waals surface area contributed by atoms with Crippen molar-refractivity contribution in [2.24, 2.45) is 0 Å². The summed E-state index contributed by atoms with van der Waals surface area (Å²) < 4.78 is 70.3. The Kier molecular flexibility index (Phi) is 34.9. The van der Waals surface area contributed by atoms with E-state index in [1.165, 1.54) is 6.92 Å². The molecule has 0 fully saturated rings. The predicted molar refractivity (Wildman–Crippen MR) is 198 cm³/mol. The van der Waals surface area contributed by atoms with Crippen molar-refractivity contribution in [1.82, 2.24) is 0 Å². The Labute approximate surface area is 328 Å². The topological polar surface area (TPSA) is 221 Å². The monoisotopic (exact) mass is 807 g/mol. The molecule has 56 heavy (non-hydrogen) atoms. The maximum absolute atomic E-state index is 11.4. The van der Waals surface area contributed by atoms with Crippen LogP contribution in [-0.4, -0.2) is 187 Å². The number of hydrogen-bond donors (Lipinski definition) is 2. The molecule has 0 unspecified atom stereocenters. The molecular formula is C37H61NO18. The van der Waals surface area contributed by atoms with Crippen LogP contribution >= 0.6 is 0 Å². The summed E-state index contributed by atoms with van der Waals surface area (Å²) in [5, 5.41) is 11.2. The summed E-state index contributed by atoms with van der Waals surface area (Å²) in [6.07, 6.45) is -0.670. The van der Waals surface area contributed by atoms with Gasteiger partial charge in [0.25, 0.3) is 0 Å². The highest BCUT2D eigenvalue weighted by Crippen LogP contribution is 2.15. The lowest BCUT2D eigenvalue weighted by Gasteiger charge is -2.09. The molecule has 1 rings (SSSR count). The second kappa shape index (κ2) is 38.5. The Morgan fingerprint density at radius 3 is 1.05 bits per heavy atom. The first-order valence-corrected chi connectivity index (χ1v) is 18.7. The van der Waals surface area contributed by atoms with Gasteiger partial charge in [0.1, 0.15) is 19.0 Å². The van der Waals surface area contributed by atoms with Gasteiger partial charge in [-0.05, 0) is 24.3 Å². The first-order valence-electron chi connectivity index (χ1n) is 18.7. The van der Waals surface area contributed by atoms with Crippen molar-refractivity contribution >= 4 is 29.3 Å². The molecule has 0 aromatic heterocycles. The van der Waals surface area contributed by atoms with Crippen LogP contribution in [0.2, 0.25) is 0 Å². The van der Waals surface area contributed by atoms with Crippen molar-refractivity contribution in [2.75, 3.05) is 164 Å². The van der Waals surface area contributed by atoms with Crippen molar-refractivity contribution in [3.8, 4) is 5.75 Å². The van der Waals surface area contributed by atoms with Crippen molar-refractivity contribution in [3.63, 3.8) is 0 Å². The molecule has 1 aromatic rings. The van der Waals surface area contributed by atoms with Gasteiger partial charge in [0.15, 0.2) is 0 Å². The van der Waals surface area contributed by atoms with Gasteiger partial charge in [0.2, 0.25) is 11.7 Å². The number of ketones is 1. The van der Waals surface area contributed by atoms with Gasteiger partial charge in [0, 0.05) is 19.0 Å². The highest BCUT2D eigenvalue weighted by molar-refractivity contribution is 6.32. The predicted octanol–water partition coefficient (Wildman–Crippen LogP) is 1.18. The van der Waals surface area contributed by atoms with Crippen molar-refractivity contribution in [1.29, 1.82) is 0 Å². The summed E-state index contributed by atoms with van der Waals surface area (Å²) >= 11 is 0. The molecule has 0 atom stereocenters. The number of carboxylic acids is 1. The normalized spacial score (nSPS) is 11.1. The smallest absolute Gasteiger partial charge is 0.372 e. The minimum Gasteiger partial charge on any atom is -0.491 e. The molecule has 0 spiro atoms. The van der Waals surface area contributed by atoms with E-state index < -0.39 is 24.1 Å². The van der Waals surface area contributed by atoms with E-state index in [0.29, 0.717) is 151 Å². The lowest BCUT2D eigenvalue weighted by molar-refractivity contribution is -0.151. The van der Waals surface area contributed by atoms with Crippen LogP contribution < -0.4 is 10.1 Å². The number of carbonyl (C=O) groups is 4. The highest BCUT2D eigenvalue weighted by Gasteiger charge is 2.14. The fourth-order valence-corrected chi connectivity index (χ4v) is 3.97. The molecule has 2 N–H and O–H groups in total. The van der Waals surface area contributed by atoms with Crippen LogP contribution in [0.15, 0.2) is 24.3 Å². The summed E-state index contributed by atoms with van der Waals surface area (Å²) in [6, 6.07) is 7.14. The van der Waals surface area contributed by atoms with E-state index in [2.05, 4.69) is 5.32 Å². The van der Waals surface area contributed by atoms with E-state index in [1.807, 2.05) is 0 Å². The number of nitrogens with one attached hydrogen (secondary N) is 1. The zero-order valence-corrected chi connectivity index (χ0v) is 32.6. The fraction of sp³-hybridized carbons (Fsp3) is 0.730. The van der Waals surface area contributed by atoms with Gasteiger partial charge in [-0.25, -0.2) is 4.79 Å². The number of rotatable bonds is 42. The number of carboxylic acid groups (broad SMARTS) is 1. The number of ether oxygens (including phenoxy) is 13. The third-order valence-corrected chi connectivity index (χ3v) is 6.68. The number of hydrogen-bond acceptors (Lipinski definition) is 17. The molecule has 1 aromatic carbocycles. The Bertz CT molecular complexity index is 1110. The first kappa shape index (κ1) is 50.7. The summed E-state index contributed by atoms with van der Waals surface area (Å²) in [5.41, 5.74) is 0.722. The molecule has 1 amide bonds. The number of Topliss-reactive ketones (excluding diaryl/α,β-unsaturated/α-hetero) is 1. The van der Waals surface area contributed by atoms with Crippen LogP contribution in [0.3, 0.4) is 0 Å². The molecule has 322 valence electrons. The van der Waals surface area contributed by atoms with Crippen molar-refractivity contribution in [3.05, 3.63) is 24.3 Å². The maximum atomic E-state index is 11.4. The fourth-order valence-electron chi connectivity index (χ4n) is 3.97. The van der Waals surface area contributed by atoms with E-state index in [0.717, 1.165) is 5.69 Å². The van der Waals surface area contributed by atoms with Gasteiger partial charge in [-0.2, -0.15) is 0 Å². The quantitative estimate of drug-likeness (QED) is 0.0538. The average molecular weight is 808 g/mol. The van der Waals surface area contributed by atoms with Gasteiger partial charge in [-0.15, -0.1) is 0 Å². The second-order valence-corrected chi connectivity index (χ2v) is 11.2. The molecule has 0 radical (unpaired) electrons. The van der Waals surface area contributed by atoms with Crippen LogP contribution in [0.4, 0.5) is 5.69 Å². The molecule has 19 heteroatoms. The number of amides is 1. The molecule has 0 saturated carbocycles. The van der Waals surface area contributed by atoms with Crippen molar-refractivity contribution < 1.29 is 85.9 Å². The molecule has 0 saturated heterocycles. The van der Waals surface area contributed by atoms with Crippen LogP contribution in [0.1, 0.15) is 19.8 Å². The zero-order chi connectivity index (χ0) is 40.6. The SMILES string of the molecule is CC(=O)Nc1ccc(OCCOCCOCCOCCOCCOCCOCCOCCOCCOCCOCCOCCOC(=O)CCC(=O)C(=O)O)cc1. The molecule has 0 heterocycles. The summed E-state index contributed by atoms with van der Waals surface area (Å²) in [7, 11) is 0. The number of esters is 1. The Hall–Kier alpha value is -3.34. The third-order valence-electron chi connectivity index (χ3n) is 6.68. The van der Waals surface area contributed by atoms with Gasteiger partial charge < -0.3 is 72.0 Å². The zero-order valence-electron chi connectivity index (χ0n) is 32.6. The second-order valence-electron chi connectivity index (χ2n) is 11.2.